The highest BCUT2D eigenvalue weighted by molar-refractivity contribution is 5.69. The fraction of sp³-hybridized carbons (Fsp3) is 0.318. The second-order valence-corrected chi connectivity index (χ2v) is 15.4. The van der Waals surface area contributed by atoms with E-state index < -0.39 is 0 Å². The molecule has 0 radical (unpaired) electrons. The van der Waals surface area contributed by atoms with Crippen LogP contribution in [0.25, 0.3) is 11.1 Å². The van der Waals surface area contributed by atoms with Crippen molar-refractivity contribution in [3.63, 3.8) is 0 Å². The molecular formula is C44H53N. The fourth-order valence-corrected chi connectivity index (χ4v) is 6.04. The van der Waals surface area contributed by atoms with Gasteiger partial charge in [-0.25, -0.2) is 0 Å². The Hall–Kier alpha value is -4.10. The molecule has 0 heterocycles. The molecule has 0 saturated carbocycles. The average molecular weight is 596 g/mol. The van der Waals surface area contributed by atoms with Gasteiger partial charge in [0, 0.05) is 23.0 Å². The summed E-state index contributed by atoms with van der Waals surface area (Å²) in [6.07, 6.45) is 6.55. The summed E-state index contributed by atoms with van der Waals surface area (Å²) in [5, 5.41) is 0. The zero-order valence-corrected chi connectivity index (χ0v) is 29.3. The molecular weight excluding hydrogens is 542 g/mol. The van der Waals surface area contributed by atoms with Crippen LogP contribution < -0.4 is 4.90 Å². The van der Waals surface area contributed by atoms with Crippen LogP contribution in [0.15, 0.2) is 139 Å². The lowest BCUT2D eigenvalue weighted by Gasteiger charge is -2.33. The van der Waals surface area contributed by atoms with Crippen LogP contribution in [0.4, 0.5) is 11.4 Å². The lowest BCUT2D eigenvalue weighted by Crippen LogP contribution is -2.20. The van der Waals surface area contributed by atoms with Gasteiger partial charge in [-0.3, -0.25) is 0 Å². The van der Waals surface area contributed by atoms with Crippen LogP contribution in [0.2, 0.25) is 0 Å². The van der Waals surface area contributed by atoms with Gasteiger partial charge in [0.2, 0.25) is 0 Å². The van der Waals surface area contributed by atoms with Gasteiger partial charge in [-0.05, 0) is 86.9 Å². The molecule has 1 heteroatoms. The summed E-state index contributed by atoms with van der Waals surface area (Å²) in [5.41, 5.74) is 11.3. The van der Waals surface area contributed by atoms with E-state index in [1.807, 2.05) is 6.08 Å². The van der Waals surface area contributed by atoms with Gasteiger partial charge in [-0.1, -0.05) is 160 Å². The summed E-state index contributed by atoms with van der Waals surface area (Å²) < 4.78 is 0. The molecule has 45 heavy (non-hydrogen) atoms. The number of benzene rings is 4. The van der Waals surface area contributed by atoms with Crippen molar-refractivity contribution in [2.75, 3.05) is 4.90 Å². The van der Waals surface area contributed by atoms with E-state index in [4.69, 9.17) is 0 Å². The number of hydrogen-bond acceptors (Lipinski definition) is 1. The van der Waals surface area contributed by atoms with Gasteiger partial charge in [0.1, 0.15) is 0 Å². The third-order valence-electron chi connectivity index (χ3n) is 8.64. The second-order valence-electron chi connectivity index (χ2n) is 15.4. The summed E-state index contributed by atoms with van der Waals surface area (Å²) in [4.78, 5) is 2.36. The molecule has 0 aromatic heterocycles. The van der Waals surface area contributed by atoms with E-state index in [2.05, 4.69) is 196 Å². The van der Waals surface area contributed by atoms with Crippen LogP contribution in [-0.4, -0.2) is 0 Å². The maximum atomic E-state index is 4.28. The van der Waals surface area contributed by atoms with Gasteiger partial charge in [0.05, 0.1) is 0 Å². The largest absolute Gasteiger partial charge is 0.315 e. The highest BCUT2D eigenvalue weighted by Crippen LogP contribution is 2.42. The molecule has 4 rings (SSSR count). The summed E-state index contributed by atoms with van der Waals surface area (Å²) in [6.45, 7) is 27.0. The zero-order chi connectivity index (χ0) is 33.0. The van der Waals surface area contributed by atoms with Gasteiger partial charge in [-0.2, -0.15) is 0 Å². The Bertz CT molecular complexity index is 1550. The second kappa shape index (κ2) is 13.5. The maximum absolute atomic E-state index is 4.28. The van der Waals surface area contributed by atoms with Crippen molar-refractivity contribution in [2.24, 2.45) is 5.41 Å². The molecule has 0 aliphatic carbocycles. The van der Waals surface area contributed by atoms with Crippen molar-refractivity contribution in [3.8, 4) is 11.1 Å². The number of allylic oxidation sites excluding steroid dienone is 5. The van der Waals surface area contributed by atoms with Crippen molar-refractivity contribution in [1.82, 2.24) is 0 Å². The normalized spacial score (nSPS) is 13.8. The first-order chi connectivity index (χ1) is 21.1. The van der Waals surface area contributed by atoms with Gasteiger partial charge in [-0.15, -0.1) is 0 Å². The molecule has 0 aliphatic heterocycles. The molecule has 234 valence electrons. The molecule has 0 amide bonds. The van der Waals surface area contributed by atoms with Crippen LogP contribution >= 0.6 is 0 Å². The van der Waals surface area contributed by atoms with E-state index in [-0.39, 0.29) is 22.2 Å². The average Bonchev–Trinajstić information content (AvgIpc) is 2.99. The predicted molar refractivity (Wildman–Crippen MR) is 199 cm³/mol. The van der Waals surface area contributed by atoms with Crippen LogP contribution in [-0.2, 0) is 10.8 Å². The first kappa shape index (κ1) is 33.8. The van der Waals surface area contributed by atoms with E-state index in [0.29, 0.717) is 0 Å². The van der Waals surface area contributed by atoms with E-state index in [9.17, 15) is 0 Å². The van der Waals surface area contributed by atoms with E-state index in [1.165, 1.54) is 33.4 Å². The van der Waals surface area contributed by atoms with Crippen molar-refractivity contribution < 1.29 is 0 Å². The highest BCUT2D eigenvalue weighted by atomic mass is 15.1. The summed E-state index contributed by atoms with van der Waals surface area (Å²) in [5.74, 6) is 0.189. The fourth-order valence-electron chi connectivity index (χ4n) is 6.04. The highest BCUT2D eigenvalue weighted by Gasteiger charge is 2.28. The zero-order valence-electron chi connectivity index (χ0n) is 29.3. The van der Waals surface area contributed by atoms with Crippen molar-refractivity contribution in [1.29, 1.82) is 0 Å². The van der Waals surface area contributed by atoms with Gasteiger partial charge < -0.3 is 4.90 Å². The Labute approximate surface area is 274 Å². The Balaban J connectivity index is 1.76. The van der Waals surface area contributed by atoms with E-state index in [1.54, 1.807) is 0 Å². The quantitative estimate of drug-likeness (QED) is 0.183. The van der Waals surface area contributed by atoms with Gasteiger partial charge in [0.15, 0.2) is 0 Å². The summed E-state index contributed by atoms with van der Waals surface area (Å²) >= 11 is 0. The van der Waals surface area contributed by atoms with Crippen LogP contribution in [0.3, 0.4) is 0 Å². The van der Waals surface area contributed by atoms with Crippen molar-refractivity contribution >= 4 is 11.4 Å². The molecule has 0 saturated heterocycles. The predicted octanol–water partition coefficient (Wildman–Crippen LogP) is 12.9. The molecule has 0 spiro atoms. The smallest absolute Gasteiger partial charge is 0.0458 e. The summed E-state index contributed by atoms with van der Waals surface area (Å²) in [6, 6.07) is 37.7. The molecule has 1 atom stereocenters. The van der Waals surface area contributed by atoms with Crippen LogP contribution in [0.1, 0.15) is 91.8 Å². The minimum absolute atomic E-state index is 0.00128. The molecule has 0 N–H and O–H groups in total. The molecule has 1 nitrogen and oxygen atoms in total. The lowest BCUT2D eigenvalue weighted by atomic mass is 9.72. The number of hydrogen-bond donors (Lipinski definition) is 0. The van der Waals surface area contributed by atoms with E-state index in [0.717, 1.165) is 17.1 Å². The lowest BCUT2D eigenvalue weighted by molar-refractivity contribution is 0.358. The standard InChI is InChI=1S/C44H53N/c1-12-33(41(44(9,10)11)36-22-20-35(21-23-36)34-16-14-13-15-17-34)19-18-32(2)45(39-28-24-37(25-29-39)42(3,4)5)40-30-26-38(27-31-40)43(6,7)8/h12-31,41H,1H2,2-11H3/b32-18+,33-19+. The molecule has 1 unspecified atom stereocenters. The maximum Gasteiger partial charge on any atom is 0.0458 e. The molecule has 4 aromatic rings. The first-order valence-electron chi connectivity index (χ1n) is 16.3. The Morgan fingerprint density at radius 2 is 1.02 bits per heavy atom. The van der Waals surface area contributed by atoms with Gasteiger partial charge >= 0.3 is 0 Å². The molecule has 0 aliphatic rings. The van der Waals surface area contributed by atoms with Crippen LogP contribution in [0, 0.1) is 5.41 Å². The molecule has 0 fully saturated rings. The Morgan fingerprint density at radius 3 is 1.42 bits per heavy atom. The minimum Gasteiger partial charge on any atom is -0.315 e. The minimum atomic E-state index is 0.00128. The monoisotopic (exact) mass is 595 g/mol. The number of anilines is 2. The SMILES string of the molecule is C=C/C(=C\C=C(/C)N(c1ccc(C(C)(C)C)cc1)c1ccc(C(C)(C)C)cc1)C(c1ccc(-c2ccccc2)cc1)C(C)(C)C. The van der Waals surface area contributed by atoms with Crippen molar-refractivity contribution in [2.45, 2.75) is 86.0 Å². The van der Waals surface area contributed by atoms with Gasteiger partial charge in [0.25, 0.3) is 0 Å². The number of nitrogens with zero attached hydrogens (tertiary/aromatic N) is 1. The third-order valence-corrected chi connectivity index (χ3v) is 8.64. The third kappa shape index (κ3) is 8.34. The topological polar surface area (TPSA) is 3.24 Å². The first-order valence-corrected chi connectivity index (χ1v) is 16.3. The number of rotatable bonds is 8. The Kier molecular flexibility index (Phi) is 10.1. The molecule has 0 bridgehead atoms. The Morgan fingerprint density at radius 1 is 0.578 bits per heavy atom. The molecule has 4 aromatic carbocycles. The van der Waals surface area contributed by atoms with Crippen LogP contribution in [0.5, 0.6) is 0 Å². The van der Waals surface area contributed by atoms with E-state index >= 15 is 0 Å². The van der Waals surface area contributed by atoms with Crippen molar-refractivity contribution in [3.05, 3.63) is 156 Å². The summed E-state index contributed by atoms with van der Waals surface area (Å²) in [7, 11) is 0.